The first-order valence-corrected chi connectivity index (χ1v) is 8.49. The lowest BCUT2D eigenvalue weighted by molar-refractivity contribution is -0.118. The molecule has 3 aliphatic rings. The average Bonchev–Trinajstić information content (AvgIpc) is 3.00. The van der Waals surface area contributed by atoms with Crippen LogP contribution in [0.2, 0.25) is 0 Å². The number of carbonyl (C=O) groups excluding carboxylic acids is 1. The highest BCUT2D eigenvalue weighted by atomic mass is 16.2. The number of aromatic nitrogens is 1. The van der Waals surface area contributed by atoms with Crippen LogP contribution in [-0.4, -0.2) is 37.1 Å². The van der Waals surface area contributed by atoms with Gasteiger partial charge in [-0.2, -0.15) is 0 Å². The monoisotopic (exact) mass is 300 g/mol. The molecule has 2 saturated heterocycles. The van der Waals surface area contributed by atoms with Crippen LogP contribution in [0.3, 0.4) is 0 Å². The van der Waals surface area contributed by atoms with E-state index in [0.29, 0.717) is 0 Å². The number of piperidine rings is 1. The minimum Gasteiger partial charge on any atom is -0.357 e. The molecule has 1 aromatic heterocycles. The number of amides is 1. The summed E-state index contributed by atoms with van der Waals surface area (Å²) in [7, 11) is 0. The molecule has 2 aliphatic heterocycles. The number of hydrogen-bond donors (Lipinski definition) is 2. The molecule has 22 heavy (non-hydrogen) atoms. The Kier molecular flexibility index (Phi) is 3.53. The molecule has 2 N–H and O–H groups in total. The van der Waals surface area contributed by atoms with Gasteiger partial charge >= 0.3 is 0 Å². The molecule has 1 spiro atoms. The van der Waals surface area contributed by atoms with Gasteiger partial charge in [0.1, 0.15) is 5.82 Å². The molecule has 4 rings (SSSR count). The highest BCUT2D eigenvalue weighted by molar-refractivity contribution is 5.95. The fraction of sp³-hybridized carbons (Fsp3) is 0.647. The summed E-state index contributed by atoms with van der Waals surface area (Å²) in [6.45, 7) is 4.29. The van der Waals surface area contributed by atoms with E-state index in [4.69, 9.17) is 0 Å². The Morgan fingerprint density at radius 1 is 1.27 bits per heavy atom. The summed E-state index contributed by atoms with van der Waals surface area (Å²) in [5.74, 6) is 1.40. The number of pyridine rings is 1. The van der Waals surface area contributed by atoms with E-state index in [1.807, 2.05) is 12.1 Å². The molecule has 0 aromatic carbocycles. The summed E-state index contributed by atoms with van der Waals surface area (Å²) < 4.78 is 0. The van der Waals surface area contributed by atoms with Crippen LogP contribution in [0.25, 0.3) is 0 Å². The maximum absolute atomic E-state index is 12.4. The highest BCUT2D eigenvalue weighted by Gasteiger charge is 2.57. The molecule has 1 saturated carbocycles. The van der Waals surface area contributed by atoms with E-state index in [1.165, 1.54) is 12.8 Å². The van der Waals surface area contributed by atoms with Crippen LogP contribution >= 0.6 is 0 Å². The third-order valence-electron chi connectivity index (χ3n) is 5.55. The van der Waals surface area contributed by atoms with Crippen LogP contribution in [0.1, 0.15) is 32.1 Å². The quantitative estimate of drug-likeness (QED) is 0.896. The zero-order valence-electron chi connectivity index (χ0n) is 13.0. The summed E-state index contributed by atoms with van der Waals surface area (Å²) in [6.07, 6.45) is 7.62. The van der Waals surface area contributed by atoms with Gasteiger partial charge in [0.15, 0.2) is 0 Å². The second-order valence-corrected chi connectivity index (χ2v) is 6.96. The van der Waals surface area contributed by atoms with Gasteiger partial charge in [-0.05, 0) is 62.7 Å². The molecule has 118 valence electrons. The lowest BCUT2D eigenvalue weighted by atomic mass is 9.92. The molecule has 3 heterocycles. The minimum absolute atomic E-state index is 0.178. The highest BCUT2D eigenvalue weighted by Crippen LogP contribution is 2.58. The molecule has 1 atom stereocenters. The molecule has 0 radical (unpaired) electrons. The van der Waals surface area contributed by atoms with Crippen molar-refractivity contribution >= 4 is 17.4 Å². The molecule has 1 aliphatic carbocycles. The van der Waals surface area contributed by atoms with Crippen LogP contribution in [0.5, 0.6) is 0 Å². The fourth-order valence-corrected chi connectivity index (χ4v) is 4.02. The van der Waals surface area contributed by atoms with Gasteiger partial charge in [-0.25, -0.2) is 4.98 Å². The van der Waals surface area contributed by atoms with E-state index in [-0.39, 0.29) is 17.2 Å². The van der Waals surface area contributed by atoms with E-state index in [0.717, 1.165) is 56.9 Å². The van der Waals surface area contributed by atoms with Crippen molar-refractivity contribution in [3.05, 3.63) is 18.3 Å². The van der Waals surface area contributed by atoms with E-state index in [9.17, 15) is 4.79 Å². The summed E-state index contributed by atoms with van der Waals surface area (Å²) >= 11 is 0. The SMILES string of the molecule is O=C(Nc1ccc(N2CCCC2)nc1)C1CC12CCNCC2. The Labute approximate surface area is 131 Å². The van der Waals surface area contributed by atoms with Gasteiger partial charge in [-0.1, -0.05) is 0 Å². The minimum atomic E-state index is 0.178. The zero-order chi connectivity index (χ0) is 15.0. The van der Waals surface area contributed by atoms with E-state index >= 15 is 0 Å². The predicted molar refractivity (Wildman–Crippen MR) is 87.0 cm³/mol. The smallest absolute Gasteiger partial charge is 0.228 e. The average molecular weight is 300 g/mol. The molecule has 1 aromatic rings. The number of nitrogens with zero attached hydrogens (tertiary/aromatic N) is 2. The van der Waals surface area contributed by atoms with Gasteiger partial charge in [-0.3, -0.25) is 4.79 Å². The Morgan fingerprint density at radius 3 is 2.73 bits per heavy atom. The second kappa shape index (κ2) is 5.54. The van der Waals surface area contributed by atoms with Crippen LogP contribution in [0, 0.1) is 11.3 Å². The molecular weight excluding hydrogens is 276 g/mol. The van der Waals surface area contributed by atoms with Crippen molar-refractivity contribution in [3.63, 3.8) is 0 Å². The van der Waals surface area contributed by atoms with Crippen molar-refractivity contribution in [2.75, 3.05) is 36.4 Å². The molecule has 5 heteroatoms. The van der Waals surface area contributed by atoms with Crippen molar-refractivity contribution in [3.8, 4) is 0 Å². The topological polar surface area (TPSA) is 57.3 Å². The standard InChI is InChI=1S/C17H24N4O/c22-16(14-11-17(14)5-7-18-8-6-17)20-13-3-4-15(19-12-13)21-9-1-2-10-21/h3-4,12,14,18H,1-2,5-11H2,(H,20,22). The largest absolute Gasteiger partial charge is 0.357 e. The van der Waals surface area contributed by atoms with Crippen molar-refractivity contribution in [2.45, 2.75) is 32.1 Å². The number of carbonyl (C=O) groups is 1. The van der Waals surface area contributed by atoms with Crippen LogP contribution < -0.4 is 15.5 Å². The van der Waals surface area contributed by atoms with Crippen molar-refractivity contribution in [1.82, 2.24) is 10.3 Å². The summed E-state index contributed by atoms with van der Waals surface area (Å²) in [5.41, 5.74) is 1.11. The number of anilines is 2. The third-order valence-corrected chi connectivity index (χ3v) is 5.55. The van der Waals surface area contributed by atoms with Gasteiger partial charge in [0.05, 0.1) is 11.9 Å². The summed E-state index contributed by atoms with van der Waals surface area (Å²) in [6, 6.07) is 4.00. The first kappa shape index (κ1) is 14.0. The van der Waals surface area contributed by atoms with Gasteiger partial charge in [0.2, 0.25) is 5.91 Å². The number of rotatable bonds is 3. The number of hydrogen-bond acceptors (Lipinski definition) is 4. The van der Waals surface area contributed by atoms with Crippen LogP contribution in [-0.2, 0) is 4.79 Å². The summed E-state index contributed by atoms with van der Waals surface area (Å²) in [4.78, 5) is 19.2. The summed E-state index contributed by atoms with van der Waals surface area (Å²) in [5, 5.41) is 6.43. The molecular formula is C17H24N4O. The van der Waals surface area contributed by atoms with Crippen molar-refractivity contribution in [2.24, 2.45) is 11.3 Å². The van der Waals surface area contributed by atoms with Gasteiger partial charge in [0, 0.05) is 19.0 Å². The fourth-order valence-electron chi connectivity index (χ4n) is 4.02. The van der Waals surface area contributed by atoms with E-state index in [2.05, 4.69) is 20.5 Å². The molecule has 1 unspecified atom stereocenters. The zero-order valence-corrected chi connectivity index (χ0v) is 13.0. The van der Waals surface area contributed by atoms with Crippen LogP contribution in [0.15, 0.2) is 18.3 Å². The second-order valence-electron chi connectivity index (χ2n) is 6.96. The van der Waals surface area contributed by atoms with Crippen LogP contribution in [0.4, 0.5) is 11.5 Å². The normalized spacial score (nSPS) is 26.2. The lowest BCUT2D eigenvalue weighted by Gasteiger charge is -2.23. The Bertz CT molecular complexity index is 544. The Morgan fingerprint density at radius 2 is 2.05 bits per heavy atom. The molecule has 0 bridgehead atoms. The maximum atomic E-state index is 12.4. The molecule has 1 amide bonds. The van der Waals surface area contributed by atoms with Crippen molar-refractivity contribution in [1.29, 1.82) is 0 Å². The number of nitrogens with one attached hydrogen (secondary N) is 2. The third kappa shape index (κ3) is 2.58. The van der Waals surface area contributed by atoms with Crippen molar-refractivity contribution < 1.29 is 4.79 Å². The van der Waals surface area contributed by atoms with E-state index < -0.39 is 0 Å². The van der Waals surface area contributed by atoms with Gasteiger partial charge in [0.25, 0.3) is 0 Å². The predicted octanol–water partition coefficient (Wildman–Crippen LogP) is 2.01. The van der Waals surface area contributed by atoms with E-state index in [1.54, 1.807) is 6.20 Å². The maximum Gasteiger partial charge on any atom is 0.228 e. The molecule has 5 nitrogen and oxygen atoms in total. The lowest BCUT2D eigenvalue weighted by Crippen LogP contribution is -2.31. The first-order valence-electron chi connectivity index (χ1n) is 8.49. The van der Waals surface area contributed by atoms with Gasteiger partial charge < -0.3 is 15.5 Å². The first-order chi connectivity index (χ1) is 10.8. The Hall–Kier alpha value is -1.62. The Balaban J connectivity index is 1.36. The molecule has 3 fully saturated rings. The van der Waals surface area contributed by atoms with Gasteiger partial charge in [-0.15, -0.1) is 0 Å².